The quantitative estimate of drug-likeness (QED) is 0.778. The number of para-hydroxylation sites is 1. The number of halogens is 3. The highest BCUT2D eigenvalue weighted by molar-refractivity contribution is 6.39. The second-order valence-electron chi connectivity index (χ2n) is 4.41. The Morgan fingerprint density at radius 1 is 1.23 bits per heavy atom. The van der Waals surface area contributed by atoms with E-state index in [4.69, 9.17) is 23.2 Å². The van der Waals surface area contributed by atoms with Gasteiger partial charge in [0.25, 0.3) is 0 Å². The van der Waals surface area contributed by atoms with Crippen molar-refractivity contribution in [2.75, 3.05) is 32.0 Å². The van der Waals surface area contributed by atoms with Gasteiger partial charge in [-0.3, -0.25) is 9.59 Å². The minimum atomic E-state index is -0.329. The van der Waals surface area contributed by atoms with E-state index in [0.717, 1.165) is 0 Å². The summed E-state index contributed by atoms with van der Waals surface area (Å²) in [5, 5.41) is 6.27. The molecule has 2 N–H and O–H groups in total. The summed E-state index contributed by atoms with van der Waals surface area (Å²) in [7, 11) is 1.77. The normalized spacial score (nSPS) is 9.82. The van der Waals surface area contributed by atoms with Crippen LogP contribution in [0.4, 0.5) is 5.69 Å². The number of amides is 2. The summed E-state index contributed by atoms with van der Waals surface area (Å²) in [5.41, 5.74) is 0.365. The lowest BCUT2D eigenvalue weighted by Gasteiger charge is -2.20. The topological polar surface area (TPSA) is 61.4 Å². The number of rotatable bonds is 7. The maximum Gasteiger partial charge on any atom is 0.244 e. The van der Waals surface area contributed by atoms with Crippen molar-refractivity contribution in [3.05, 3.63) is 28.2 Å². The van der Waals surface area contributed by atoms with Gasteiger partial charge in [-0.05, 0) is 26.1 Å². The Balaban J connectivity index is 0.00000441. The first kappa shape index (κ1) is 21.0. The van der Waals surface area contributed by atoms with Crippen molar-refractivity contribution in [2.24, 2.45) is 0 Å². The van der Waals surface area contributed by atoms with Gasteiger partial charge in [0.2, 0.25) is 11.8 Å². The van der Waals surface area contributed by atoms with Crippen LogP contribution >= 0.6 is 35.6 Å². The number of carbonyl (C=O) groups is 2. The zero-order chi connectivity index (χ0) is 15.8. The van der Waals surface area contributed by atoms with E-state index in [1.807, 2.05) is 6.92 Å². The molecular weight excluding hydrogens is 349 g/mol. The van der Waals surface area contributed by atoms with Gasteiger partial charge < -0.3 is 15.5 Å². The molecule has 5 nitrogen and oxygen atoms in total. The third-order valence-electron chi connectivity index (χ3n) is 2.88. The van der Waals surface area contributed by atoms with Crippen molar-refractivity contribution in [1.82, 2.24) is 10.2 Å². The maximum absolute atomic E-state index is 12.0. The van der Waals surface area contributed by atoms with E-state index < -0.39 is 0 Å². The molecule has 0 fully saturated rings. The fourth-order valence-corrected chi connectivity index (χ4v) is 2.23. The Hall–Kier alpha value is -1.01. The highest BCUT2D eigenvalue weighted by Gasteiger charge is 2.16. The first-order valence-corrected chi connectivity index (χ1v) is 7.41. The number of hydrogen-bond acceptors (Lipinski definition) is 3. The molecule has 1 aromatic rings. The monoisotopic (exact) mass is 367 g/mol. The maximum atomic E-state index is 12.0. The molecule has 0 spiro atoms. The molecule has 0 saturated carbocycles. The van der Waals surface area contributed by atoms with E-state index in [1.54, 1.807) is 25.2 Å². The summed E-state index contributed by atoms with van der Waals surface area (Å²) in [4.78, 5) is 25.4. The van der Waals surface area contributed by atoms with Crippen molar-refractivity contribution in [1.29, 1.82) is 0 Å². The van der Waals surface area contributed by atoms with Crippen LogP contribution in [0.2, 0.25) is 10.0 Å². The molecular formula is C14H20Cl3N3O2. The molecule has 0 aliphatic rings. The van der Waals surface area contributed by atoms with Crippen LogP contribution in [0.3, 0.4) is 0 Å². The molecule has 8 heteroatoms. The van der Waals surface area contributed by atoms with Gasteiger partial charge in [0.05, 0.1) is 22.3 Å². The predicted octanol–water partition coefficient (Wildman–Crippen LogP) is 2.81. The van der Waals surface area contributed by atoms with Crippen molar-refractivity contribution in [3.8, 4) is 0 Å². The number of hydrogen-bond donors (Lipinski definition) is 2. The van der Waals surface area contributed by atoms with Crippen LogP contribution in [0, 0.1) is 0 Å². The molecule has 1 aromatic carbocycles. The van der Waals surface area contributed by atoms with E-state index in [9.17, 15) is 9.59 Å². The Labute approximate surface area is 146 Å². The molecule has 0 saturated heterocycles. The minimum Gasteiger partial charge on any atom is -0.334 e. The van der Waals surface area contributed by atoms with Crippen LogP contribution in [-0.4, -0.2) is 43.4 Å². The highest BCUT2D eigenvalue weighted by atomic mass is 35.5. The van der Waals surface area contributed by atoms with E-state index in [-0.39, 0.29) is 30.8 Å². The molecule has 2 amide bonds. The largest absolute Gasteiger partial charge is 0.334 e. The summed E-state index contributed by atoms with van der Waals surface area (Å²) in [6, 6.07) is 4.97. The summed E-state index contributed by atoms with van der Waals surface area (Å²) >= 11 is 12.0. The van der Waals surface area contributed by atoms with Crippen molar-refractivity contribution >= 4 is 53.1 Å². The lowest BCUT2D eigenvalue weighted by molar-refractivity contribution is -0.134. The predicted molar refractivity (Wildman–Crippen MR) is 93.1 cm³/mol. The zero-order valence-corrected chi connectivity index (χ0v) is 14.8. The fourth-order valence-electron chi connectivity index (χ4n) is 1.74. The zero-order valence-electron chi connectivity index (χ0n) is 12.5. The summed E-state index contributed by atoms with van der Waals surface area (Å²) in [6.45, 7) is 2.84. The second kappa shape index (κ2) is 10.7. The smallest absolute Gasteiger partial charge is 0.244 e. The molecule has 0 bridgehead atoms. The number of nitrogens with zero attached hydrogens (tertiary/aromatic N) is 1. The number of anilines is 1. The van der Waals surface area contributed by atoms with Gasteiger partial charge in [-0.1, -0.05) is 29.3 Å². The molecule has 0 aliphatic heterocycles. The summed E-state index contributed by atoms with van der Waals surface area (Å²) in [5.74, 6) is -0.406. The SMILES string of the molecule is CCN(CC(=O)Nc1c(Cl)cccc1Cl)C(=O)CCNC.Cl. The first-order valence-electron chi connectivity index (χ1n) is 6.65. The Kier molecular flexibility index (Phi) is 10.2. The van der Waals surface area contributed by atoms with Crippen LogP contribution < -0.4 is 10.6 Å². The fraction of sp³-hybridized carbons (Fsp3) is 0.429. The van der Waals surface area contributed by atoms with Crippen LogP contribution in [0.15, 0.2) is 18.2 Å². The summed E-state index contributed by atoms with van der Waals surface area (Å²) in [6.07, 6.45) is 0.352. The molecule has 22 heavy (non-hydrogen) atoms. The van der Waals surface area contributed by atoms with Gasteiger partial charge in [-0.2, -0.15) is 0 Å². The van der Waals surface area contributed by atoms with Gasteiger partial charge in [0, 0.05) is 19.5 Å². The van der Waals surface area contributed by atoms with Gasteiger partial charge in [0.1, 0.15) is 0 Å². The van der Waals surface area contributed by atoms with Crippen LogP contribution in [0.1, 0.15) is 13.3 Å². The van der Waals surface area contributed by atoms with Crippen LogP contribution in [0.25, 0.3) is 0 Å². The third kappa shape index (κ3) is 6.40. The third-order valence-corrected chi connectivity index (χ3v) is 3.51. The van der Waals surface area contributed by atoms with Crippen molar-refractivity contribution in [3.63, 3.8) is 0 Å². The average molecular weight is 369 g/mol. The average Bonchev–Trinajstić information content (AvgIpc) is 2.46. The minimum absolute atomic E-state index is 0. The Bertz CT molecular complexity index is 492. The highest BCUT2D eigenvalue weighted by Crippen LogP contribution is 2.29. The van der Waals surface area contributed by atoms with E-state index >= 15 is 0 Å². The number of benzene rings is 1. The molecule has 0 unspecified atom stereocenters. The van der Waals surface area contributed by atoms with E-state index in [1.165, 1.54) is 4.90 Å². The Morgan fingerprint density at radius 3 is 2.32 bits per heavy atom. The van der Waals surface area contributed by atoms with Crippen molar-refractivity contribution < 1.29 is 9.59 Å². The molecule has 0 aromatic heterocycles. The number of likely N-dealkylation sites (N-methyl/N-ethyl adjacent to an activating group) is 1. The molecule has 0 radical (unpaired) electrons. The lowest BCUT2D eigenvalue weighted by Crippen LogP contribution is -2.38. The standard InChI is InChI=1S/C14H19Cl2N3O2.ClH/c1-3-19(13(21)7-8-17-2)9-12(20)18-14-10(15)5-4-6-11(14)16;/h4-6,17H,3,7-9H2,1-2H3,(H,18,20);1H. The van der Waals surface area contributed by atoms with E-state index in [0.29, 0.717) is 35.2 Å². The van der Waals surface area contributed by atoms with Crippen LogP contribution in [-0.2, 0) is 9.59 Å². The van der Waals surface area contributed by atoms with Crippen molar-refractivity contribution in [2.45, 2.75) is 13.3 Å². The van der Waals surface area contributed by atoms with Gasteiger partial charge in [0.15, 0.2) is 0 Å². The van der Waals surface area contributed by atoms with Gasteiger partial charge in [-0.15, -0.1) is 12.4 Å². The van der Waals surface area contributed by atoms with Crippen LogP contribution in [0.5, 0.6) is 0 Å². The molecule has 0 atom stereocenters. The lowest BCUT2D eigenvalue weighted by atomic mass is 10.3. The number of carbonyl (C=O) groups excluding carboxylic acids is 2. The van der Waals surface area contributed by atoms with Gasteiger partial charge in [-0.25, -0.2) is 0 Å². The van der Waals surface area contributed by atoms with E-state index in [2.05, 4.69) is 10.6 Å². The second-order valence-corrected chi connectivity index (χ2v) is 5.22. The van der Waals surface area contributed by atoms with Gasteiger partial charge >= 0.3 is 0 Å². The number of nitrogens with one attached hydrogen (secondary N) is 2. The molecule has 124 valence electrons. The molecule has 0 aliphatic carbocycles. The molecule has 0 heterocycles. The molecule has 1 rings (SSSR count). The summed E-state index contributed by atoms with van der Waals surface area (Å²) < 4.78 is 0. The Morgan fingerprint density at radius 2 is 1.82 bits per heavy atom. The first-order chi connectivity index (χ1) is 9.99.